The molecule has 0 saturated heterocycles. The van der Waals surface area contributed by atoms with Crippen molar-refractivity contribution in [2.75, 3.05) is 38.0 Å². The Balaban J connectivity index is 2.37. The molecule has 0 radical (unpaired) electrons. The van der Waals surface area contributed by atoms with Crippen LogP contribution in [0.5, 0.6) is 5.75 Å². The highest BCUT2D eigenvalue weighted by Crippen LogP contribution is 2.21. The molecule has 0 aliphatic rings. The van der Waals surface area contributed by atoms with E-state index in [1.54, 1.807) is 7.05 Å². The number of ether oxygens (including phenoxy) is 1. The van der Waals surface area contributed by atoms with Gasteiger partial charge in [-0.15, -0.1) is 0 Å². The summed E-state index contributed by atoms with van der Waals surface area (Å²) in [5.74, 6) is 2.64. The highest BCUT2D eigenvalue weighted by molar-refractivity contribution is 5.59. The summed E-state index contributed by atoms with van der Waals surface area (Å²) in [6, 6.07) is 7.71. The number of aromatic nitrogens is 3. The molecular weight excluding hydrogens is 254 g/mol. The lowest BCUT2D eigenvalue weighted by Crippen LogP contribution is -2.15. The summed E-state index contributed by atoms with van der Waals surface area (Å²) in [6.45, 7) is 2.61. The van der Waals surface area contributed by atoms with Crippen LogP contribution in [0.25, 0.3) is 11.4 Å². The minimum Gasteiger partial charge on any atom is -0.494 e. The second-order valence-electron chi connectivity index (χ2n) is 4.38. The van der Waals surface area contributed by atoms with E-state index in [0.29, 0.717) is 24.3 Å². The van der Waals surface area contributed by atoms with Gasteiger partial charge >= 0.3 is 0 Å². The van der Waals surface area contributed by atoms with Gasteiger partial charge in [-0.05, 0) is 31.2 Å². The van der Waals surface area contributed by atoms with Gasteiger partial charge in [0.1, 0.15) is 5.75 Å². The smallest absolute Gasteiger partial charge is 0.230 e. The predicted octanol–water partition coefficient (Wildman–Crippen LogP) is 2.04. The average Bonchev–Trinajstić information content (AvgIpc) is 2.47. The maximum atomic E-state index is 5.43. The van der Waals surface area contributed by atoms with Crippen LogP contribution in [-0.4, -0.2) is 42.7 Å². The average molecular weight is 273 g/mol. The lowest BCUT2D eigenvalue weighted by atomic mass is 10.2. The van der Waals surface area contributed by atoms with Gasteiger partial charge in [-0.1, -0.05) is 0 Å². The molecule has 2 rings (SSSR count). The predicted molar refractivity (Wildman–Crippen MR) is 80.3 cm³/mol. The van der Waals surface area contributed by atoms with E-state index in [2.05, 4.69) is 20.3 Å². The maximum Gasteiger partial charge on any atom is 0.230 e. The first kappa shape index (κ1) is 14.0. The molecule has 6 heteroatoms. The quantitative estimate of drug-likeness (QED) is 0.899. The van der Waals surface area contributed by atoms with Gasteiger partial charge in [0.2, 0.25) is 11.9 Å². The Morgan fingerprint density at radius 1 is 1.10 bits per heavy atom. The number of hydrogen-bond acceptors (Lipinski definition) is 6. The number of rotatable bonds is 5. The third-order valence-corrected chi connectivity index (χ3v) is 2.67. The van der Waals surface area contributed by atoms with Crippen LogP contribution in [0.3, 0.4) is 0 Å². The normalized spacial score (nSPS) is 10.2. The summed E-state index contributed by atoms with van der Waals surface area (Å²) in [5.41, 5.74) is 0.926. The summed E-state index contributed by atoms with van der Waals surface area (Å²) in [6.07, 6.45) is 0. The Labute approximate surface area is 118 Å². The van der Waals surface area contributed by atoms with Crippen LogP contribution < -0.4 is 15.0 Å². The molecule has 1 aromatic carbocycles. The van der Waals surface area contributed by atoms with Crippen LogP contribution in [0.2, 0.25) is 0 Å². The maximum absolute atomic E-state index is 5.43. The first-order chi connectivity index (χ1) is 9.63. The Hall–Kier alpha value is -2.37. The number of nitrogens with one attached hydrogen (secondary N) is 1. The van der Waals surface area contributed by atoms with Gasteiger partial charge < -0.3 is 15.0 Å². The van der Waals surface area contributed by atoms with Gasteiger partial charge in [0.25, 0.3) is 0 Å². The van der Waals surface area contributed by atoms with Crippen LogP contribution in [0.15, 0.2) is 24.3 Å². The van der Waals surface area contributed by atoms with Crippen molar-refractivity contribution in [1.82, 2.24) is 15.0 Å². The third-order valence-electron chi connectivity index (χ3n) is 2.67. The SMILES string of the molecule is CCOc1ccc(-c2nc(NC)nc(N(C)C)n2)cc1. The van der Waals surface area contributed by atoms with Crippen molar-refractivity contribution in [3.63, 3.8) is 0 Å². The minimum atomic E-state index is 0.549. The van der Waals surface area contributed by atoms with E-state index in [4.69, 9.17) is 4.74 Å². The minimum absolute atomic E-state index is 0.549. The summed E-state index contributed by atoms with van der Waals surface area (Å²) >= 11 is 0. The van der Waals surface area contributed by atoms with Gasteiger partial charge in [0.15, 0.2) is 5.82 Å². The molecule has 6 nitrogen and oxygen atoms in total. The summed E-state index contributed by atoms with van der Waals surface area (Å²) < 4.78 is 5.43. The monoisotopic (exact) mass is 273 g/mol. The third kappa shape index (κ3) is 3.14. The molecule has 0 bridgehead atoms. The van der Waals surface area contributed by atoms with E-state index >= 15 is 0 Å². The molecule has 2 aromatic rings. The van der Waals surface area contributed by atoms with E-state index in [-0.39, 0.29) is 0 Å². The fourth-order valence-electron chi connectivity index (χ4n) is 1.67. The first-order valence-corrected chi connectivity index (χ1v) is 6.48. The van der Waals surface area contributed by atoms with Crippen molar-refractivity contribution in [3.05, 3.63) is 24.3 Å². The van der Waals surface area contributed by atoms with Crippen LogP contribution in [0, 0.1) is 0 Å². The van der Waals surface area contributed by atoms with Gasteiger partial charge in [-0.3, -0.25) is 0 Å². The van der Waals surface area contributed by atoms with Gasteiger partial charge in [-0.25, -0.2) is 0 Å². The zero-order valence-electron chi connectivity index (χ0n) is 12.2. The molecule has 20 heavy (non-hydrogen) atoms. The number of benzene rings is 1. The van der Waals surface area contributed by atoms with Crippen molar-refractivity contribution in [1.29, 1.82) is 0 Å². The molecule has 0 spiro atoms. The lowest BCUT2D eigenvalue weighted by molar-refractivity contribution is 0.340. The lowest BCUT2D eigenvalue weighted by Gasteiger charge is -2.12. The molecular formula is C14H19N5O. The number of anilines is 2. The van der Waals surface area contributed by atoms with Gasteiger partial charge in [-0.2, -0.15) is 15.0 Å². The first-order valence-electron chi connectivity index (χ1n) is 6.48. The molecule has 1 aromatic heterocycles. The Morgan fingerprint density at radius 2 is 1.80 bits per heavy atom. The molecule has 1 heterocycles. The van der Waals surface area contributed by atoms with E-state index < -0.39 is 0 Å². The zero-order chi connectivity index (χ0) is 14.5. The Morgan fingerprint density at radius 3 is 2.35 bits per heavy atom. The molecule has 0 saturated carbocycles. The molecule has 0 atom stereocenters. The fraction of sp³-hybridized carbons (Fsp3) is 0.357. The van der Waals surface area contributed by atoms with Crippen LogP contribution in [-0.2, 0) is 0 Å². The number of nitrogens with zero attached hydrogens (tertiary/aromatic N) is 4. The zero-order valence-corrected chi connectivity index (χ0v) is 12.2. The Kier molecular flexibility index (Phi) is 4.34. The van der Waals surface area contributed by atoms with Crippen molar-refractivity contribution >= 4 is 11.9 Å². The summed E-state index contributed by atoms with van der Waals surface area (Å²) in [5, 5.41) is 2.95. The summed E-state index contributed by atoms with van der Waals surface area (Å²) in [4.78, 5) is 15.0. The topological polar surface area (TPSA) is 63.2 Å². The summed E-state index contributed by atoms with van der Waals surface area (Å²) in [7, 11) is 5.59. The van der Waals surface area contributed by atoms with Crippen LogP contribution in [0.1, 0.15) is 6.92 Å². The molecule has 1 N–H and O–H groups in total. The van der Waals surface area contributed by atoms with Crippen molar-refractivity contribution < 1.29 is 4.74 Å². The van der Waals surface area contributed by atoms with Crippen LogP contribution >= 0.6 is 0 Å². The van der Waals surface area contributed by atoms with Crippen molar-refractivity contribution in [2.45, 2.75) is 6.92 Å². The van der Waals surface area contributed by atoms with Gasteiger partial charge in [0.05, 0.1) is 6.61 Å². The molecule has 0 aliphatic carbocycles. The second kappa shape index (κ2) is 6.18. The van der Waals surface area contributed by atoms with Crippen molar-refractivity contribution in [3.8, 4) is 17.1 Å². The van der Waals surface area contributed by atoms with E-state index in [1.807, 2.05) is 50.2 Å². The molecule has 0 amide bonds. The van der Waals surface area contributed by atoms with Crippen LogP contribution in [0.4, 0.5) is 11.9 Å². The van der Waals surface area contributed by atoms with Gasteiger partial charge in [0, 0.05) is 26.7 Å². The Bertz CT molecular complexity index is 568. The second-order valence-corrected chi connectivity index (χ2v) is 4.38. The number of hydrogen-bond donors (Lipinski definition) is 1. The van der Waals surface area contributed by atoms with E-state index in [0.717, 1.165) is 11.3 Å². The largest absolute Gasteiger partial charge is 0.494 e. The standard InChI is InChI=1S/C14H19N5O/c1-5-20-11-8-6-10(7-9-11)12-16-13(15-2)18-14(17-12)19(3)4/h6-9H,5H2,1-4H3,(H,15,16,17,18). The molecule has 106 valence electrons. The molecule has 0 aliphatic heterocycles. The van der Waals surface area contributed by atoms with E-state index in [9.17, 15) is 0 Å². The van der Waals surface area contributed by atoms with Crippen molar-refractivity contribution in [2.24, 2.45) is 0 Å². The fourth-order valence-corrected chi connectivity index (χ4v) is 1.67. The molecule has 0 unspecified atom stereocenters. The highest BCUT2D eigenvalue weighted by Gasteiger charge is 2.09. The highest BCUT2D eigenvalue weighted by atomic mass is 16.5. The molecule has 0 fully saturated rings. The van der Waals surface area contributed by atoms with E-state index in [1.165, 1.54) is 0 Å².